The zero-order chi connectivity index (χ0) is 27.7. The van der Waals surface area contributed by atoms with Gasteiger partial charge in [0.2, 0.25) is 5.91 Å². The molecule has 1 aliphatic rings. The summed E-state index contributed by atoms with van der Waals surface area (Å²) in [6.07, 6.45) is 2.93. The molecule has 0 spiro atoms. The van der Waals surface area contributed by atoms with Gasteiger partial charge in [-0.25, -0.2) is 0 Å². The van der Waals surface area contributed by atoms with Crippen LogP contribution >= 0.6 is 0 Å². The van der Waals surface area contributed by atoms with Gasteiger partial charge < -0.3 is 16.4 Å². The number of benzene rings is 3. The Kier molecular flexibility index (Phi) is 8.73. The number of nitrogens with one attached hydrogen (secondary N) is 2. The van der Waals surface area contributed by atoms with E-state index in [2.05, 4.69) is 32.7 Å². The number of amides is 1. The number of hydrogen-bond acceptors (Lipinski definition) is 6. The third kappa shape index (κ3) is 6.87. The van der Waals surface area contributed by atoms with Crippen molar-refractivity contribution in [1.82, 2.24) is 15.6 Å². The van der Waals surface area contributed by atoms with Gasteiger partial charge in [0, 0.05) is 48.4 Å². The minimum atomic E-state index is -0.702. The molecular weight excluding hydrogens is 498 g/mol. The first kappa shape index (κ1) is 27.0. The predicted molar refractivity (Wildman–Crippen MR) is 157 cm³/mol. The number of nitrogens with two attached hydrogens (primary N) is 1. The molecule has 4 N–H and O–H groups in total. The molecule has 3 aromatic carbocycles. The molecule has 0 saturated heterocycles. The molecule has 0 fully saturated rings. The fraction of sp³-hybridized carbons (Fsp3) is 0.212. The van der Waals surface area contributed by atoms with Gasteiger partial charge in [-0.15, -0.1) is 0 Å². The quantitative estimate of drug-likeness (QED) is 0.253. The van der Waals surface area contributed by atoms with Crippen molar-refractivity contribution in [3.63, 3.8) is 0 Å². The lowest BCUT2D eigenvalue weighted by Crippen LogP contribution is -2.41. The van der Waals surface area contributed by atoms with Crippen LogP contribution in [0.5, 0.6) is 0 Å². The average molecular weight is 532 g/mol. The summed E-state index contributed by atoms with van der Waals surface area (Å²) < 4.78 is 0. The van der Waals surface area contributed by atoms with Gasteiger partial charge in [0.05, 0.1) is 18.4 Å². The molecule has 2 unspecified atom stereocenters. The summed E-state index contributed by atoms with van der Waals surface area (Å²) >= 11 is 0. The van der Waals surface area contributed by atoms with Crippen LogP contribution in [0.15, 0.2) is 108 Å². The van der Waals surface area contributed by atoms with Gasteiger partial charge in [0.25, 0.3) is 0 Å². The largest absolute Gasteiger partial charge is 0.372 e. The van der Waals surface area contributed by atoms with Crippen molar-refractivity contribution < 1.29 is 9.59 Å². The highest BCUT2D eigenvalue weighted by Gasteiger charge is 2.20. The summed E-state index contributed by atoms with van der Waals surface area (Å²) in [5.41, 5.74) is 11.5. The molecule has 5 rings (SSSR count). The number of rotatable bonds is 11. The highest BCUT2D eigenvalue weighted by Crippen LogP contribution is 2.28. The Balaban J connectivity index is 1.19. The highest BCUT2D eigenvalue weighted by molar-refractivity contribution is 6.08. The Hall–Kier alpha value is -4.62. The Labute approximate surface area is 234 Å². The van der Waals surface area contributed by atoms with Gasteiger partial charge >= 0.3 is 0 Å². The molecule has 7 nitrogen and oxygen atoms in total. The minimum Gasteiger partial charge on any atom is -0.372 e. The molecule has 40 heavy (non-hydrogen) atoms. The number of aliphatic imine (C=N–C) groups is 1. The van der Waals surface area contributed by atoms with E-state index >= 15 is 0 Å². The summed E-state index contributed by atoms with van der Waals surface area (Å²) in [6.45, 7) is 2.04. The van der Waals surface area contributed by atoms with Crippen LogP contribution in [0.1, 0.15) is 50.6 Å². The third-order valence-corrected chi connectivity index (χ3v) is 7.05. The van der Waals surface area contributed by atoms with E-state index in [1.54, 1.807) is 24.3 Å². The standard InChI is InChI=1S/C33H33N5O2/c34-29(20-23-12-14-26(15-13-23)32(39)25-8-2-1-3-9-25)33(40)38-22-24-7-6-10-27(19-24)28(21-31-36-17-18-37-31)30-11-4-5-16-35-30/h1-16,19,28-29H,17-18,20-22,34H2,(H,36,37)(H,38,40). The number of nitrogens with zero attached hydrogens (tertiary/aromatic N) is 2. The molecule has 4 aromatic rings. The van der Waals surface area contributed by atoms with Crippen LogP contribution in [0, 0.1) is 0 Å². The molecular formula is C33H33N5O2. The number of aromatic nitrogens is 1. The maximum Gasteiger partial charge on any atom is 0.237 e. The summed E-state index contributed by atoms with van der Waals surface area (Å²) in [5, 5.41) is 6.34. The van der Waals surface area contributed by atoms with Crippen LogP contribution in [0.25, 0.3) is 0 Å². The van der Waals surface area contributed by atoms with Gasteiger partial charge in [-0.3, -0.25) is 19.6 Å². The van der Waals surface area contributed by atoms with Crippen molar-refractivity contribution in [3.05, 3.63) is 137 Å². The van der Waals surface area contributed by atoms with Gasteiger partial charge in [-0.2, -0.15) is 0 Å². The summed E-state index contributed by atoms with van der Waals surface area (Å²) in [4.78, 5) is 34.7. The normalized spacial score (nSPS) is 14.1. The molecule has 0 radical (unpaired) electrons. The molecule has 202 valence electrons. The lowest BCUT2D eigenvalue weighted by Gasteiger charge is -2.19. The Morgan fingerprint density at radius 3 is 2.35 bits per heavy atom. The van der Waals surface area contributed by atoms with Gasteiger partial charge in [0.15, 0.2) is 5.78 Å². The Morgan fingerprint density at radius 2 is 1.62 bits per heavy atom. The van der Waals surface area contributed by atoms with E-state index in [0.717, 1.165) is 47.7 Å². The maximum atomic E-state index is 12.8. The number of carbonyl (C=O) groups excluding carboxylic acids is 2. The number of amidine groups is 1. The number of pyridine rings is 1. The van der Waals surface area contributed by atoms with Gasteiger partial charge in [-0.05, 0) is 35.2 Å². The molecule has 1 aromatic heterocycles. The molecule has 0 aliphatic carbocycles. The number of carbonyl (C=O) groups is 2. The first-order valence-electron chi connectivity index (χ1n) is 13.6. The van der Waals surface area contributed by atoms with Crippen molar-refractivity contribution in [3.8, 4) is 0 Å². The SMILES string of the molecule is NC(Cc1ccc(C(=O)c2ccccc2)cc1)C(=O)NCc1cccc(C(CC2=NCCN2)c2ccccn2)c1. The third-order valence-electron chi connectivity index (χ3n) is 7.05. The highest BCUT2D eigenvalue weighted by atomic mass is 16.2. The Morgan fingerprint density at radius 1 is 0.850 bits per heavy atom. The van der Waals surface area contributed by atoms with Crippen LogP contribution in [0.3, 0.4) is 0 Å². The predicted octanol–water partition coefficient (Wildman–Crippen LogP) is 4.02. The van der Waals surface area contributed by atoms with Crippen LogP contribution < -0.4 is 16.4 Å². The topological polar surface area (TPSA) is 109 Å². The van der Waals surface area contributed by atoms with Crippen LogP contribution in [0.4, 0.5) is 0 Å². The molecule has 7 heteroatoms. The smallest absolute Gasteiger partial charge is 0.237 e. The molecule has 2 atom stereocenters. The van der Waals surface area contributed by atoms with Crippen molar-refractivity contribution in [2.24, 2.45) is 10.7 Å². The molecule has 1 amide bonds. The fourth-order valence-corrected chi connectivity index (χ4v) is 4.89. The fourth-order valence-electron chi connectivity index (χ4n) is 4.89. The lowest BCUT2D eigenvalue weighted by molar-refractivity contribution is -0.122. The van der Waals surface area contributed by atoms with Crippen molar-refractivity contribution in [1.29, 1.82) is 0 Å². The first-order valence-corrected chi connectivity index (χ1v) is 13.6. The van der Waals surface area contributed by atoms with Crippen LogP contribution in [-0.2, 0) is 17.8 Å². The van der Waals surface area contributed by atoms with Crippen molar-refractivity contribution in [2.45, 2.75) is 31.3 Å². The summed E-state index contributed by atoms with van der Waals surface area (Å²) in [5.74, 6) is 0.799. The monoisotopic (exact) mass is 531 g/mol. The van der Waals surface area contributed by atoms with Crippen LogP contribution in [-0.4, -0.2) is 41.6 Å². The first-order chi connectivity index (χ1) is 19.6. The van der Waals surface area contributed by atoms with Gasteiger partial charge in [-0.1, -0.05) is 84.9 Å². The second-order valence-corrected chi connectivity index (χ2v) is 9.93. The Bertz CT molecular complexity index is 1470. The maximum absolute atomic E-state index is 12.8. The van der Waals surface area contributed by atoms with E-state index in [1.165, 1.54) is 0 Å². The summed E-state index contributed by atoms with van der Waals surface area (Å²) in [7, 11) is 0. The molecule has 0 bridgehead atoms. The van der Waals surface area contributed by atoms with E-state index < -0.39 is 6.04 Å². The number of hydrogen-bond donors (Lipinski definition) is 3. The minimum absolute atomic E-state index is 0.0331. The van der Waals surface area contributed by atoms with Gasteiger partial charge in [0.1, 0.15) is 0 Å². The van der Waals surface area contributed by atoms with E-state index in [4.69, 9.17) is 5.73 Å². The van der Waals surface area contributed by atoms with Crippen molar-refractivity contribution >= 4 is 17.5 Å². The second-order valence-electron chi connectivity index (χ2n) is 9.93. The van der Waals surface area contributed by atoms with Crippen LogP contribution in [0.2, 0.25) is 0 Å². The van der Waals surface area contributed by atoms with E-state index in [-0.39, 0.29) is 17.6 Å². The van der Waals surface area contributed by atoms with E-state index in [0.29, 0.717) is 24.1 Å². The second kappa shape index (κ2) is 13.0. The van der Waals surface area contributed by atoms with E-state index in [9.17, 15) is 9.59 Å². The number of ketones is 1. The zero-order valence-corrected chi connectivity index (χ0v) is 22.3. The van der Waals surface area contributed by atoms with Crippen molar-refractivity contribution in [2.75, 3.05) is 13.1 Å². The van der Waals surface area contributed by atoms with E-state index in [1.807, 2.05) is 66.9 Å². The molecule has 1 aliphatic heterocycles. The summed E-state index contributed by atoms with van der Waals surface area (Å²) in [6, 6.07) is 29.9. The zero-order valence-electron chi connectivity index (χ0n) is 22.3. The molecule has 0 saturated carbocycles. The molecule has 2 heterocycles. The lowest BCUT2D eigenvalue weighted by atomic mass is 9.90. The average Bonchev–Trinajstić information content (AvgIpc) is 3.53.